The average molecular weight is 1200 g/mol. The summed E-state index contributed by atoms with van der Waals surface area (Å²) in [5, 5.41) is 16.8. The van der Waals surface area contributed by atoms with Gasteiger partial charge in [-0.05, 0) is 153 Å². The van der Waals surface area contributed by atoms with Crippen molar-refractivity contribution in [3.63, 3.8) is 0 Å². The minimum Gasteiger partial charge on any atom is -0.361 e. The molecule has 13 rings (SSSR count). The summed E-state index contributed by atoms with van der Waals surface area (Å²) in [5.41, 5.74) is 7.77. The smallest absolute Gasteiger partial charge is 0.361 e. The van der Waals surface area contributed by atoms with Crippen molar-refractivity contribution in [3.8, 4) is 50.6 Å². The molecule has 0 amide bonds. The monoisotopic (exact) mass is 1200 g/mol. The van der Waals surface area contributed by atoms with Crippen LogP contribution in [0.15, 0.2) is 94.5 Å². The van der Waals surface area contributed by atoms with Gasteiger partial charge < -0.3 is 29.2 Å². The number of halogens is 3. The van der Waals surface area contributed by atoms with E-state index in [1.165, 1.54) is 77.3 Å². The maximum absolute atomic E-state index is 13.0. The first-order chi connectivity index (χ1) is 40.9. The first-order valence-corrected chi connectivity index (χ1v) is 30.9. The third kappa shape index (κ3) is 13.4. The molecule has 3 saturated carbocycles. The first-order valence-electron chi connectivity index (χ1n) is 28.8. The van der Waals surface area contributed by atoms with Crippen LogP contribution in [-0.2, 0) is 25.9 Å². The third-order valence-corrected chi connectivity index (χ3v) is 17.5. The number of H-pyrrole nitrogens is 1. The molecule has 9 aromatic rings. The summed E-state index contributed by atoms with van der Waals surface area (Å²) in [6.45, 7) is 14.0. The number of rotatable bonds is 12. The van der Waals surface area contributed by atoms with E-state index in [4.69, 9.17) is 32.4 Å². The lowest BCUT2D eigenvalue weighted by Crippen LogP contribution is -2.42. The number of nitrogens with zero attached hydrogens (tertiary/aromatic N) is 9. The summed E-state index contributed by atoms with van der Waals surface area (Å²) >= 11 is -0.750. The normalized spacial score (nSPS) is 18.8. The van der Waals surface area contributed by atoms with Crippen molar-refractivity contribution in [2.24, 2.45) is 0 Å². The number of aromatic nitrogens is 9. The zero-order valence-corrected chi connectivity index (χ0v) is 50.0. The van der Waals surface area contributed by atoms with E-state index in [0.29, 0.717) is 36.6 Å². The Morgan fingerprint density at radius 1 is 0.671 bits per heavy atom. The molecular weight excluding hydrogens is 1130 g/mol. The Kier molecular flexibility index (Phi) is 18.7. The van der Waals surface area contributed by atoms with Crippen LogP contribution in [-0.4, -0.2) is 109 Å². The van der Waals surface area contributed by atoms with Crippen molar-refractivity contribution < 1.29 is 43.2 Å². The minimum absolute atomic E-state index is 0.156. The summed E-state index contributed by atoms with van der Waals surface area (Å²) in [6.07, 6.45) is 21.3. The van der Waals surface area contributed by atoms with E-state index in [-0.39, 0.29) is 12.4 Å². The van der Waals surface area contributed by atoms with Gasteiger partial charge in [-0.2, -0.15) is 30.0 Å². The fraction of sp³-hybridized carbons (Fsp3) is 0.426. The van der Waals surface area contributed by atoms with E-state index in [1.54, 1.807) is 6.20 Å². The number of para-hydroxylation sites is 1. The Morgan fingerprint density at radius 3 is 1.86 bits per heavy atom. The number of aromatic amines is 1. The lowest BCUT2D eigenvalue weighted by atomic mass is 10.0. The van der Waals surface area contributed by atoms with Gasteiger partial charge in [0.05, 0.1) is 51.7 Å². The number of likely N-dealkylation sites (tertiary alicyclic amines) is 1. The molecule has 4 atom stereocenters. The molecule has 3 N–H and O–H groups in total. The van der Waals surface area contributed by atoms with Crippen molar-refractivity contribution in [1.29, 1.82) is 0 Å². The highest BCUT2D eigenvalue weighted by Crippen LogP contribution is 2.39. The molecule has 448 valence electrons. The van der Waals surface area contributed by atoms with Gasteiger partial charge in [0.1, 0.15) is 17.2 Å². The number of hydrogen-bond donors (Lipinski definition) is 3. The number of nitrogens with one attached hydrogen (secondary N) is 3. The van der Waals surface area contributed by atoms with Crippen LogP contribution in [0.1, 0.15) is 118 Å². The van der Waals surface area contributed by atoms with E-state index >= 15 is 0 Å². The summed E-state index contributed by atoms with van der Waals surface area (Å²) < 4.78 is 96.1. The van der Waals surface area contributed by atoms with Crippen molar-refractivity contribution >= 4 is 55.5 Å². The maximum Gasteiger partial charge on any atom is 0.523 e. The molecule has 3 aliphatic carbocycles. The number of pyridine rings is 1. The summed E-state index contributed by atoms with van der Waals surface area (Å²) in [6, 6.07) is 20.4. The van der Waals surface area contributed by atoms with Gasteiger partial charge in [-0.3, -0.25) is 9.08 Å². The van der Waals surface area contributed by atoms with Crippen LogP contribution < -0.4 is 10.6 Å². The molecule has 1 aliphatic heterocycles. The molecule has 85 heavy (non-hydrogen) atoms. The first kappa shape index (κ1) is 60.5. The standard InChI is InChI=1S/C30H28F3N5O4S.C26H31N7O.C5H10.O2S/c1-17-15-34-29(35-24-10-7-11-26(24)42-43(39,40)30(31,32)33)36-28(17)23-16-38(21-8-5-4-6-9-21)25-14-20(12-13-22(23)25)27-18(2)37-41-19(27)3;1-15-13-28-26(30-20-7-6-8-22(20)33-11-4-5-12-33)31-24(15)19-14-27-25-18(19)9-10-21(29-25)23-16(2)32-34-17(23)3;1-2-4-5-3-1;1-3-2/h4-6,8-9,12-16,24,26H,7,10-11H2,1-3H3,(H,34,35,36);9-10,13-14,20,22H,4-8,11-12H2,1-3H3,(H,27,29)(H,28,30,31);1-5H2;/t24-,26+;20-,22-;;/m00../s1. The number of anilines is 2. The zero-order chi connectivity index (χ0) is 60.0. The van der Waals surface area contributed by atoms with Crippen LogP contribution >= 0.6 is 0 Å². The highest BCUT2D eigenvalue weighted by atomic mass is 32.2. The SMILES string of the molecule is C1CCCC1.Cc1cnc(N[C@H]2CCC[C@@H]2N2CCCC2)nc1-c1c[nH]c2nc(-c3c(C)noc3C)ccc12.Cc1cnc(N[C@H]2CCC[C@H]2OS(=O)(=O)C(F)(F)F)nc1-c1cn(-c2ccccc2)c2cc(-c3c(C)noc3C)ccc12.O=S=O. The average Bonchev–Trinajstić information content (AvgIpc) is 2.41. The van der Waals surface area contributed by atoms with Crippen molar-refractivity contribution in [3.05, 3.63) is 119 Å². The lowest BCUT2D eigenvalue weighted by Gasteiger charge is -2.29. The van der Waals surface area contributed by atoms with E-state index in [2.05, 4.69) is 68.6 Å². The van der Waals surface area contributed by atoms with Gasteiger partial charge in [0, 0.05) is 70.0 Å². The van der Waals surface area contributed by atoms with E-state index in [9.17, 15) is 21.6 Å². The highest BCUT2D eigenvalue weighted by molar-refractivity contribution is 7.87. The number of aryl methyl sites for hydroxylation is 6. The van der Waals surface area contributed by atoms with Crippen LogP contribution in [0.25, 0.3) is 72.5 Å². The molecule has 0 unspecified atom stereocenters. The fourth-order valence-corrected chi connectivity index (χ4v) is 12.9. The Morgan fingerprint density at radius 2 is 1.25 bits per heavy atom. The van der Waals surface area contributed by atoms with Crippen molar-refractivity contribution in [1.82, 2.24) is 49.7 Å². The van der Waals surface area contributed by atoms with E-state index in [0.717, 1.165) is 101 Å². The van der Waals surface area contributed by atoms with Gasteiger partial charge in [-0.25, -0.2) is 24.9 Å². The van der Waals surface area contributed by atoms with Gasteiger partial charge in [-0.15, -0.1) is 0 Å². The van der Waals surface area contributed by atoms with E-state index < -0.39 is 39.3 Å². The van der Waals surface area contributed by atoms with Crippen molar-refractivity contribution in [2.45, 2.75) is 155 Å². The second-order valence-corrected chi connectivity index (χ2v) is 23.9. The number of benzene rings is 2. The Hall–Kier alpha value is -7.67. The molecule has 24 heteroatoms. The van der Waals surface area contributed by atoms with Crippen LogP contribution in [0.4, 0.5) is 25.1 Å². The highest BCUT2D eigenvalue weighted by Gasteiger charge is 2.50. The van der Waals surface area contributed by atoms with Gasteiger partial charge in [0.15, 0.2) is 0 Å². The molecule has 4 aliphatic rings. The maximum atomic E-state index is 13.0. The molecule has 8 heterocycles. The summed E-state index contributed by atoms with van der Waals surface area (Å²) in [5.74, 6) is 2.37. The van der Waals surface area contributed by atoms with Crippen LogP contribution in [0.2, 0.25) is 0 Å². The third-order valence-electron chi connectivity index (χ3n) is 16.4. The van der Waals surface area contributed by atoms with Gasteiger partial charge in [-0.1, -0.05) is 72.7 Å². The Balaban J connectivity index is 0.000000170. The molecule has 0 spiro atoms. The minimum atomic E-state index is -5.73. The van der Waals surface area contributed by atoms with E-state index in [1.807, 2.05) is 102 Å². The van der Waals surface area contributed by atoms with Crippen LogP contribution in [0.5, 0.6) is 0 Å². The molecule has 7 aromatic heterocycles. The summed E-state index contributed by atoms with van der Waals surface area (Å²) in [7, 11) is -5.73. The molecule has 1 saturated heterocycles. The van der Waals surface area contributed by atoms with Gasteiger partial charge >= 0.3 is 27.2 Å². The molecule has 4 fully saturated rings. The predicted octanol–water partition coefficient (Wildman–Crippen LogP) is 13.2. The zero-order valence-electron chi connectivity index (χ0n) is 48.3. The molecule has 0 bridgehead atoms. The number of hydrogen-bond acceptors (Lipinski definition) is 17. The number of fused-ring (bicyclic) bond motifs is 2. The second-order valence-electron chi connectivity index (χ2n) is 22.2. The van der Waals surface area contributed by atoms with Gasteiger partial charge in [0.25, 0.3) is 0 Å². The Labute approximate surface area is 494 Å². The largest absolute Gasteiger partial charge is 0.523 e. The molecular formula is C61H69F3N12O7S2. The van der Waals surface area contributed by atoms with Crippen LogP contribution in [0, 0.1) is 41.5 Å². The molecule has 19 nitrogen and oxygen atoms in total. The van der Waals surface area contributed by atoms with Gasteiger partial charge in [0.2, 0.25) is 11.9 Å². The lowest BCUT2D eigenvalue weighted by molar-refractivity contribution is -0.0573. The second kappa shape index (κ2) is 26.3. The predicted molar refractivity (Wildman–Crippen MR) is 320 cm³/mol. The summed E-state index contributed by atoms with van der Waals surface area (Å²) in [4.78, 5) is 29.6. The fourth-order valence-electron chi connectivity index (χ4n) is 12.3. The quantitative estimate of drug-likeness (QED) is 0.0760. The van der Waals surface area contributed by atoms with Crippen LogP contribution in [0.3, 0.4) is 0 Å². The number of alkyl halides is 3. The van der Waals surface area contributed by atoms with Crippen molar-refractivity contribution in [2.75, 3.05) is 23.7 Å². The molecule has 0 radical (unpaired) electrons. The Bertz CT molecular complexity index is 3900. The topological polar surface area (TPSA) is 242 Å². The molecule has 2 aromatic carbocycles.